The third-order valence-corrected chi connectivity index (χ3v) is 7.76. The number of rotatable bonds is 9. The standard InChI is InChI=1S/C32H39F2N3O2/c1-31(2,3)23-8-7-9-24(18-23)32(14-5-4-6-15-32)36-20-28(38)29(22-16-25(33)19-26(34)17-22)37-27-12-10-21(11-13-27)30(35)39/h7-13,16-19,28-29,36-38H,4-6,14-15,20H2,1-3H3,(H2,35,39)/t28-,29?/m1/s1. The Bertz CT molecular complexity index is 1260. The Morgan fingerprint density at radius 3 is 2.21 bits per heavy atom. The van der Waals surface area contributed by atoms with Gasteiger partial charge in [0, 0.05) is 29.4 Å². The van der Waals surface area contributed by atoms with Crippen LogP contribution in [0.5, 0.6) is 0 Å². The maximum absolute atomic E-state index is 14.2. The molecule has 208 valence electrons. The van der Waals surface area contributed by atoms with E-state index in [1.54, 1.807) is 24.3 Å². The van der Waals surface area contributed by atoms with Gasteiger partial charge in [0.25, 0.3) is 0 Å². The van der Waals surface area contributed by atoms with Crippen LogP contribution in [0.15, 0.2) is 66.7 Å². The van der Waals surface area contributed by atoms with Crippen LogP contribution < -0.4 is 16.4 Å². The van der Waals surface area contributed by atoms with E-state index in [0.717, 1.165) is 31.7 Å². The molecular weight excluding hydrogens is 496 g/mol. The van der Waals surface area contributed by atoms with Crippen LogP contribution in [0.1, 0.15) is 86.0 Å². The van der Waals surface area contributed by atoms with Crippen molar-refractivity contribution in [2.45, 2.75) is 76.0 Å². The highest BCUT2D eigenvalue weighted by Crippen LogP contribution is 2.39. The zero-order chi connectivity index (χ0) is 28.2. The minimum atomic E-state index is -1.02. The van der Waals surface area contributed by atoms with Gasteiger partial charge < -0.3 is 21.5 Å². The minimum Gasteiger partial charge on any atom is -0.389 e. The number of aliphatic hydroxyl groups excluding tert-OH is 1. The monoisotopic (exact) mass is 535 g/mol. The lowest BCUT2D eigenvalue weighted by atomic mass is 9.74. The molecule has 39 heavy (non-hydrogen) atoms. The van der Waals surface area contributed by atoms with Crippen molar-refractivity contribution in [1.82, 2.24) is 5.32 Å². The van der Waals surface area contributed by atoms with Gasteiger partial charge in [0.2, 0.25) is 5.91 Å². The molecule has 1 saturated carbocycles. The van der Waals surface area contributed by atoms with E-state index < -0.39 is 29.7 Å². The molecule has 5 N–H and O–H groups in total. The SMILES string of the molecule is CC(C)(C)c1cccc(C2(NC[C@@H](O)C(Nc3ccc(C(N)=O)cc3)c3cc(F)cc(F)c3)CCCCC2)c1. The quantitative estimate of drug-likeness (QED) is 0.258. The average Bonchev–Trinajstić information content (AvgIpc) is 2.90. The summed E-state index contributed by atoms with van der Waals surface area (Å²) in [6, 6.07) is 17.6. The van der Waals surface area contributed by atoms with Gasteiger partial charge in [0.05, 0.1) is 12.1 Å². The van der Waals surface area contributed by atoms with E-state index in [4.69, 9.17) is 5.73 Å². The molecule has 0 radical (unpaired) electrons. The molecule has 7 heteroatoms. The Balaban J connectivity index is 1.62. The summed E-state index contributed by atoms with van der Waals surface area (Å²) in [6.07, 6.45) is 4.17. The number of nitrogens with two attached hydrogens (primary N) is 1. The molecule has 1 unspecified atom stereocenters. The van der Waals surface area contributed by atoms with Crippen molar-refractivity contribution < 1.29 is 18.7 Å². The van der Waals surface area contributed by atoms with Crippen molar-refractivity contribution in [3.8, 4) is 0 Å². The lowest BCUT2D eigenvalue weighted by Gasteiger charge is -2.41. The van der Waals surface area contributed by atoms with Crippen LogP contribution in [-0.4, -0.2) is 23.7 Å². The molecule has 0 aromatic heterocycles. The predicted molar refractivity (Wildman–Crippen MR) is 152 cm³/mol. The largest absolute Gasteiger partial charge is 0.389 e. The zero-order valence-electron chi connectivity index (χ0n) is 22.9. The van der Waals surface area contributed by atoms with Crippen LogP contribution in [0.3, 0.4) is 0 Å². The molecule has 0 heterocycles. The molecule has 1 aliphatic carbocycles. The molecule has 0 spiro atoms. The lowest BCUT2D eigenvalue weighted by Crippen LogP contribution is -2.48. The fourth-order valence-electron chi connectivity index (χ4n) is 5.49. The normalized spacial score (nSPS) is 16.9. The number of nitrogens with one attached hydrogen (secondary N) is 2. The Hall–Kier alpha value is -3.29. The molecule has 2 atom stereocenters. The summed E-state index contributed by atoms with van der Waals surface area (Å²) in [5, 5.41) is 18.4. The van der Waals surface area contributed by atoms with E-state index in [9.17, 15) is 18.7 Å². The number of halogens is 2. The second-order valence-electron chi connectivity index (χ2n) is 11.7. The van der Waals surface area contributed by atoms with Crippen molar-refractivity contribution in [1.29, 1.82) is 0 Å². The van der Waals surface area contributed by atoms with Gasteiger partial charge in [-0.1, -0.05) is 64.3 Å². The smallest absolute Gasteiger partial charge is 0.248 e. The lowest BCUT2D eigenvalue weighted by molar-refractivity contribution is 0.1000. The van der Waals surface area contributed by atoms with Gasteiger partial charge in [-0.2, -0.15) is 0 Å². The number of anilines is 1. The second kappa shape index (κ2) is 11.8. The third-order valence-electron chi connectivity index (χ3n) is 7.76. The maximum atomic E-state index is 14.2. The van der Waals surface area contributed by atoms with E-state index in [-0.39, 0.29) is 23.1 Å². The molecule has 3 aromatic carbocycles. The fourth-order valence-corrected chi connectivity index (χ4v) is 5.49. The van der Waals surface area contributed by atoms with Crippen LogP contribution in [-0.2, 0) is 11.0 Å². The van der Waals surface area contributed by atoms with Gasteiger partial charge >= 0.3 is 0 Å². The number of hydrogen-bond acceptors (Lipinski definition) is 4. The first kappa shape index (κ1) is 28.7. The van der Waals surface area contributed by atoms with Gasteiger partial charge in [0.1, 0.15) is 11.6 Å². The van der Waals surface area contributed by atoms with Gasteiger partial charge in [-0.15, -0.1) is 0 Å². The highest BCUT2D eigenvalue weighted by atomic mass is 19.1. The van der Waals surface area contributed by atoms with Crippen LogP contribution in [0.2, 0.25) is 0 Å². The molecule has 3 aromatic rings. The minimum absolute atomic E-state index is 0.00587. The number of aliphatic hydroxyl groups is 1. The molecule has 0 aliphatic heterocycles. The number of carbonyl (C=O) groups is 1. The number of amides is 1. The number of hydrogen-bond donors (Lipinski definition) is 4. The summed E-state index contributed by atoms with van der Waals surface area (Å²) in [5.41, 5.74) is 8.71. The number of primary amides is 1. The fraction of sp³-hybridized carbons (Fsp3) is 0.406. The van der Waals surface area contributed by atoms with E-state index >= 15 is 0 Å². The van der Waals surface area contributed by atoms with Crippen molar-refractivity contribution >= 4 is 11.6 Å². The topological polar surface area (TPSA) is 87.4 Å². The summed E-state index contributed by atoms with van der Waals surface area (Å²) >= 11 is 0. The molecule has 0 saturated heterocycles. The Morgan fingerprint density at radius 1 is 0.974 bits per heavy atom. The first-order valence-electron chi connectivity index (χ1n) is 13.6. The molecule has 1 amide bonds. The third kappa shape index (κ3) is 7.02. The van der Waals surface area contributed by atoms with E-state index in [2.05, 4.69) is 55.7 Å². The zero-order valence-corrected chi connectivity index (χ0v) is 22.9. The van der Waals surface area contributed by atoms with Crippen LogP contribution in [0.25, 0.3) is 0 Å². The van der Waals surface area contributed by atoms with Crippen molar-refractivity contribution in [3.63, 3.8) is 0 Å². The molecule has 1 aliphatic rings. The van der Waals surface area contributed by atoms with E-state index in [1.807, 2.05) is 0 Å². The van der Waals surface area contributed by atoms with Crippen LogP contribution in [0, 0.1) is 11.6 Å². The van der Waals surface area contributed by atoms with Crippen LogP contribution >= 0.6 is 0 Å². The second-order valence-corrected chi connectivity index (χ2v) is 11.7. The van der Waals surface area contributed by atoms with Crippen molar-refractivity contribution in [3.05, 3.63) is 101 Å². The van der Waals surface area contributed by atoms with E-state index in [1.165, 1.54) is 29.7 Å². The number of carbonyl (C=O) groups excluding carboxylic acids is 1. The Morgan fingerprint density at radius 2 is 1.62 bits per heavy atom. The van der Waals surface area contributed by atoms with E-state index in [0.29, 0.717) is 11.3 Å². The molecule has 4 rings (SSSR count). The predicted octanol–water partition coefficient (Wildman–Crippen LogP) is 6.32. The average molecular weight is 536 g/mol. The molecule has 5 nitrogen and oxygen atoms in total. The summed E-state index contributed by atoms with van der Waals surface area (Å²) in [7, 11) is 0. The van der Waals surface area contributed by atoms with Gasteiger partial charge in [0.15, 0.2) is 0 Å². The van der Waals surface area contributed by atoms with Crippen LogP contribution in [0.4, 0.5) is 14.5 Å². The summed E-state index contributed by atoms with van der Waals surface area (Å²) in [4.78, 5) is 11.5. The highest BCUT2D eigenvalue weighted by Gasteiger charge is 2.35. The highest BCUT2D eigenvalue weighted by molar-refractivity contribution is 5.93. The summed E-state index contributed by atoms with van der Waals surface area (Å²) in [5.74, 6) is -1.99. The van der Waals surface area contributed by atoms with Gasteiger partial charge in [-0.25, -0.2) is 8.78 Å². The van der Waals surface area contributed by atoms with Gasteiger partial charge in [-0.3, -0.25) is 4.79 Å². The molecule has 0 bridgehead atoms. The Labute approximate surface area is 229 Å². The maximum Gasteiger partial charge on any atom is 0.248 e. The first-order valence-corrected chi connectivity index (χ1v) is 13.6. The van der Waals surface area contributed by atoms with Crippen molar-refractivity contribution in [2.24, 2.45) is 5.73 Å². The van der Waals surface area contributed by atoms with Gasteiger partial charge in [-0.05, 0) is 71.3 Å². The van der Waals surface area contributed by atoms with Crippen molar-refractivity contribution in [2.75, 3.05) is 11.9 Å². The summed E-state index contributed by atoms with van der Waals surface area (Å²) in [6.45, 7) is 6.79. The summed E-state index contributed by atoms with van der Waals surface area (Å²) < 4.78 is 28.4. The first-order chi connectivity index (χ1) is 18.5. The molecule has 1 fully saturated rings. The molecular formula is C32H39F2N3O2. The Kier molecular flexibility index (Phi) is 8.72. The number of benzene rings is 3.